The van der Waals surface area contributed by atoms with Gasteiger partial charge < -0.3 is 24.8 Å². The van der Waals surface area contributed by atoms with Gasteiger partial charge >= 0.3 is 12.0 Å². The lowest BCUT2D eigenvalue weighted by atomic mass is 9.93. The van der Waals surface area contributed by atoms with Crippen LogP contribution in [-0.2, 0) is 22.6 Å². The first kappa shape index (κ1) is 22.5. The van der Waals surface area contributed by atoms with E-state index in [-0.39, 0.29) is 13.4 Å². The van der Waals surface area contributed by atoms with E-state index in [0.29, 0.717) is 41.2 Å². The highest BCUT2D eigenvalue weighted by Gasteiger charge is 2.33. The maximum atomic E-state index is 13.6. The highest BCUT2D eigenvalue weighted by Crippen LogP contribution is 2.34. The monoisotopic (exact) mass is 474 g/mol. The molecule has 0 fully saturated rings. The smallest absolute Gasteiger partial charge is 0.338 e. The number of esters is 1. The molecule has 8 heteroatoms. The number of ether oxygens (including phenoxy) is 3. The molecule has 1 unspecified atom stereocenters. The van der Waals surface area contributed by atoms with E-state index in [4.69, 9.17) is 14.2 Å². The zero-order chi connectivity index (χ0) is 24.2. The Balaban J connectivity index is 1.43. The Morgan fingerprint density at radius 2 is 1.77 bits per heavy atom. The van der Waals surface area contributed by atoms with Crippen molar-refractivity contribution in [2.45, 2.75) is 25.5 Å². The third-order valence-electron chi connectivity index (χ3n) is 5.87. The van der Waals surface area contributed by atoms with Crippen molar-refractivity contribution in [1.82, 2.24) is 10.6 Å². The fourth-order valence-corrected chi connectivity index (χ4v) is 4.17. The molecule has 2 aliphatic heterocycles. The van der Waals surface area contributed by atoms with Crippen molar-refractivity contribution >= 4 is 12.0 Å². The Morgan fingerprint density at radius 1 is 0.943 bits per heavy atom. The summed E-state index contributed by atoms with van der Waals surface area (Å²) in [6.07, 6.45) is 0.940. The highest BCUT2D eigenvalue weighted by molar-refractivity contribution is 5.95. The Kier molecular flexibility index (Phi) is 6.34. The van der Waals surface area contributed by atoms with E-state index in [1.165, 1.54) is 12.1 Å². The van der Waals surface area contributed by atoms with Crippen LogP contribution in [0.5, 0.6) is 11.5 Å². The van der Waals surface area contributed by atoms with Crippen LogP contribution in [0.1, 0.15) is 29.2 Å². The molecule has 3 aromatic rings. The Hall–Kier alpha value is -4.33. The number of hydrogen-bond acceptors (Lipinski definition) is 5. The summed E-state index contributed by atoms with van der Waals surface area (Å²) in [6, 6.07) is 19.7. The lowest BCUT2D eigenvalue weighted by Gasteiger charge is -2.29. The number of halogens is 1. The first-order chi connectivity index (χ1) is 17.1. The molecule has 178 valence electrons. The second kappa shape index (κ2) is 9.89. The van der Waals surface area contributed by atoms with Gasteiger partial charge in [0.1, 0.15) is 12.4 Å². The van der Waals surface area contributed by atoms with Crippen LogP contribution in [0.3, 0.4) is 0 Å². The summed E-state index contributed by atoms with van der Waals surface area (Å²) in [4.78, 5) is 25.8. The molecule has 35 heavy (non-hydrogen) atoms. The average molecular weight is 474 g/mol. The van der Waals surface area contributed by atoms with Crippen LogP contribution in [0.2, 0.25) is 0 Å². The lowest BCUT2D eigenvalue weighted by molar-refractivity contribution is -0.140. The van der Waals surface area contributed by atoms with Gasteiger partial charge in [-0.15, -0.1) is 0 Å². The molecule has 0 spiro atoms. The van der Waals surface area contributed by atoms with Crippen LogP contribution < -0.4 is 20.1 Å². The van der Waals surface area contributed by atoms with E-state index in [9.17, 15) is 14.0 Å². The van der Waals surface area contributed by atoms with E-state index in [2.05, 4.69) is 10.6 Å². The van der Waals surface area contributed by atoms with Crippen molar-refractivity contribution in [3.8, 4) is 11.5 Å². The fraction of sp³-hybridized carbons (Fsp3) is 0.185. The number of hydrogen-bond donors (Lipinski definition) is 2. The van der Waals surface area contributed by atoms with Crippen LogP contribution in [-0.4, -0.2) is 18.8 Å². The SMILES string of the molecule is O=C1NC(CCc2ccc3c(c2)OCO3)=C(C(=O)OCc2cccc(F)c2)C(c2ccccc2)N1. The molecule has 2 aliphatic rings. The number of urea groups is 1. The predicted molar refractivity (Wildman–Crippen MR) is 125 cm³/mol. The van der Waals surface area contributed by atoms with Crippen molar-refractivity contribution in [3.63, 3.8) is 0 Å². The molecule has 2 amide bonds. The largest absolute Gasteiger partial charge is 0.457 e. The Morgan fingerprint density at radius 3 is 2.60 bits per heavy atom. The van der Waals surface area contributed by atoms with Crippen molar-refractivity contribution < 1.29 is 28.2 Å². The van der Waals surface area contributed by atoms with Gasteiger partial charge in [-0.3, -0.25) is 0 Å². The number of carbonyl (C=O) groups is 2. The van der Waals surface area contributed by atoms with Gasteiger partial charge in [0.05, 0.1) is 11.6 Å². The maximum Gasteiger partial charge on any atom is 0.338 e. The Labute approximate surface area is 201 Å². The number of aryl methyl sites for hydroxylation is 1. The average Bonchev–Trinajstić information content (AvgIpc) is 3.34. The van der Waals surface area contributed by atoms with Gasteiger partial charge in [-0.1, -0.05) is 48.5 Å². The van der Waals surface area contributed by atoms with Crippen LogP contribution in [0.15, 0.2) is 84.1 Å². The van der Waals surface area contributed by atoms with Gasteiger partial charge in [-0.25, -0.2) is 14.0 Å². The molecule has 0 saturated carbocycles. The molecule has 2 N–H and O–H groups in total. The molecule has 0 radical (unpaired) electrons. The molecular weight excluding hydrogens is 451 g/mol. The second-order valence-corrected chi connectivity index (χ2v) is 8.23. The van der Waals surface area contributed by atoms with Gasteiger partial charge in [0.2, 0.25) is 6.79 Å². The van der Waals surface area contributed by atoms with Crippen LogP contribution in [0.4, 0.5) is 9.18 Å². The van der Waals surface area contributed by atoms with Crippen LogP contribution in [0.25, 0.3) is 0 Å². The fourth-order valence-electron chi connectivity index (χ4n) is 4.17. The summed E-state index contributed by atoms with van der Waals surface area (Å²) in [5.41, 5.74) is 3.04. The first-order valence-electron chi connectivity index (χ1n) is 11.2. The standard InChI is InChI=1S/C27H23FN2O5/c28-20-8-4-5-18(13-20)15-33-26(31)24-21(11-9-17-10-12-22-23(14-17)35-16-34-22)29-27(32)30-25(24)19-6-2-1-3-7-19/h1-8,10,12-14,25H,9,11,15-16H2,(H2,29,30,32). The minimum absolute atomic E-state index is 0.0923. The number of carbonyl (C=O) groups excluding carboxylic acids is 2. The first-order valence-corrected chi connectivity index (χ1v) is 11.2. The summed E-state index contributed by atoms with van der Waals surface area (Å²) in [5, 5.41) is 5.62. The maximum absolute atomic E-state index is 13.6. The number of benzene rings is 3. The minimum Gasteiger partial charge on any atom is -0.457 e. The van der Waals surface area contributed by atoms with E-state index in [0.717, 1.165) is 11.1 Å². The Bertz CT molecular complexity index is 1290. The molecule has 3 aromatic carbocycles. The normalized spacial score (nSPS) is 16.5. The summed E-state index contributed by atoms with van der Waals surface area (Å²) in [6.45, 7) is 0.0940. The third kappa shape index (κ3) is 5.11. The molecule has 0 aliphatic carbocycles. The molecular formula is C27H23FN2O5. The van der Waals surface area contributed by atoms with E-state index < -0.39 is 23.9 Å². The summed E-state index contributed by atoms with van der Waals surface area (Å²) >= 11 is 0. The van der Waals surface area contributed by atoms with Gasteiger partial charge in [0.25, 0.3) is 0 Å². The van der Waals surface area contributed by atoms with Crippen molar-refractivity contribution in [1.29, 1.82) is 0 Å². The molecule has 1 atom stereocenters. The van der Waals surface area contributed by atoms with Crippen LogP contribution in [0, 0.1) is 5.82 Å². The van der Waals surface area contributed by atoms with Gasteiger partial charge in [0, 0.05) is 5.70 Å². The molecule has 7 nitrogen and oxygen atoms in total. The summed E-state index contributed by atoms with van der Waals surface area (Å²) in [7, 11) is 0. The number of fused-ring (bicyclic) bond motifs is 1. The van der Waals surface area contributed by atoms with Crippen molar-refractivity contribution in [3.05, 3.63) is 107 Å². The number of nitrogens with one attached hydrogen (secondary N) is 2. The molecule has 2 heterocycles. The van der Waals surface area contributed by atoms with E-state index in [1.807, 2.05) is 48.5 Å². The zero-order valence-electron chi connectivity index (χ0n) is 18.8. The van der Waals surface area contributed by atoms with Crippen LogP contribution >= 0.6 is 0 Å². The molecule has 5 rings (SSSR count). The third-order valence-corrected chi connectivity index (χ3v) is 5.87. The number of amides is 2. The highest BCUT2D eigenvalue weighted by atomic mass is 19.1. The topological polar surface area (TPSA) is 85.9 Å². The molecule has 0 bridgehead atoms. The minimum atomic E-state index is -0.684. The second-order valence-electron chi connectivity index (χ2n) is 8.23. The number of rotatable bonds is 7. The number of allylic oxidation sites excluding steroid dienone is 1. The van der Waals surface area contributed by atoms with E-state index in [1.54, 1.807) is 12.1 Å². The zero-order valence-corrected chi connectivity index (χ0v) is 18.8. The van der Waals surface area contributed by atoms with Gasteiger partial charge in [-0.05, 0) is 53.8 Å². The van der Waals surface area contributed by atoms with Gasteiger partial charge in [-0.2, -0.15) is 0 Å². The summed E-state index contributed by atoms with van der Waals surface area (Å²) in [5.74, 6) is 0.365. The molecule has 0 saturated heterocycles. The van der Waals surface area contributed by atoms with Crippen molar-refractivity contribution in [2.75, 3.05) is 6.79 Å². The van der Waals surface area contributed by atoms with E-state index >= 15 is 0 Å². The van der Waals surface area contributed by atoms with Crippen molar-refractivity contribution in [2.24, 2.45) is 0 Å². The summed E-state index contributed by atoms with van der Waals surface area (Å²) < 4.78 is 29.9. The quantitative estimate of drug-likeness (QED) is 0.491. The lowest BCUT2D eigenvalue weighted by Crippen LogP contribution is -2.46. The predicted octanol–water partition coefficient (Wildman–Crippen LogP) is 4.54. The molecule has 0 aromatic heterocycles. The van der Waals surface area contributed by atoms with Gasteiger partial charge in [0.15, 0.2) is 11.5 Å².